The zero-order valence-corrected chi connectivity index (χ0v) is 14.5. The lowest BCUT2D eigenvalue weighted by molar-refractivity contribution is -0.141. The fourth-order valence-electron chi connectivity index (χ4n) is 3.41. The van der Waals surface area contributed by atoms with Crippen LogP contribution in [-0.4, -0.2) is 74.7 Å². The molecule has 23 heavy (non-hydrogen) atoms. The van der Waals surface area contributed by atoms with Crippen molar-refractivity contribution in [3.8, 4) is 0 Å². The van der Waals surface area contributed by atoms with E-state index in [0.717, 1.165) is 58.5 Å². The molecule has 0 N–H and O–H groups in total. The van der Waals surface area contributed by atoms with Gasteiger partial charge in [0.2, 0.25) is 11.8 Å². The summed E-state index contributed by atoms with van der Waals surface area (Å²) in [7, 11) is 1.67. The number of nitrogens with zero attached hydrogens (tertiary/aromatic N) is 2. The van der Waals surface area contributed by atoms with Crippen LogP contribution in [0.1, 0.15) is 32.6 Å². The number of hydrogen-bond donors (Lipinski definition) is 0. The monoisotopic (exact) mass is 326 g/mol. The molecule has 2 heterocycles. The second-order valence-corrected chi connectivity index (χ2v) is 6.62. The van der Waals surface area contributed by atoms with Crippen LogP contribution in [0.3, 0.4) is 0 Å². The van der Waals surface area contributed by atoms with Crippen molar-refractivity contribution in [1.29, 1.82) is 0 Å². The molecule has 0 saturated carbocycles. The van der Waals surface area contributed by atoms with Crippen molar-refractivity contribution in [2.45, 2.75) is 32.6 Å². The van der Waals surface area contributed by atoms with Gasteiger partial charge in [0.05, 0.1) is 13.2 Å². The normalized spacial score (nSPS) is 20.8. The lowest BCUT2D eigenvalue weighted by atomic mass is 9.92. The predicted molar refractivity (Wildman–Crippen MR) is 87.0 cm³/mol. The molecule has 0 spiro atoms. The van der Waals surface area contributed by atoms with Gasteiger partial charge < -0.3 is 19.3 Å². The number of methoxy groups -OCH3 is 1. The molecule has 0 aromatic carbocycles. The Balaban J connectivity index is 1.67. The summed E-state index contributed by atoms with van der Waals surface area (Å²) < 4.78 is 10.6. The maximum Gasteiger partial charge on any atom is 0.225 e. The number of amides is 2. The summed E-state index contributed by atoms with van der Waals surface area (Å²) in [5.41, 5.74) is 0. The Morgan fingerprint density at radius 2 is 1.57 bits per heavy atom. The van der Waals surface area contributed by atoms with Gasteiger partial charge in [0.25, 0.3) is 0 Å². The highest BCUT2D eigenvalue weighted by molar-refractivity contribution is 5.79. The molecule has 0 atom stereocenters. The topological polar surface area (TPSA) is 59.1 Å². The highest BCUT2D eigenvalue weighted by Gasteiger charge is 2.31. The van der Waals surface area contributed by atoms with Crippen LogP contribution in [0.2, 0.25) is 0 Å². The van der Waals surface area contributed by atoms with Gasteiger partial charge in [0.15, 0.2) is 0 Å². The molecule has 0 unspecified atom stereocenters. The van der Waals surface area contributed by atoms with Crippen molar-refractivity contribution in [3.63, 3.8) is 0 Å². The van der Waals surface area contributed by atoms with Gasteiger partial charge in [0.1, 0.15) is 0 Å². The minimum atomic E-state index is 0.0973. The highest BCUT2D eigenvalue weighted by Crippen LogP contribution is 2.24. The standard InChI is InChI=1S/C17H30N2O4/c1-14(20)18-9-5-16(6-10-18)17(21)19-7-3-15(4-8-19)13-23-12-11-22-2/h15-16H,3-13H2,1-2H3. The summed E-state index contributed by atoms with van der Waals surface area (Å²) in [4.78, 5) is 27.8. The minimum Gasteiger partial charge on any atom is -0.382 e. The summed E-state index contributed by atoms with van der Waals surface area (Å²) in [5, 5.41) is 0. The third-order valence-electron chi connectivity index (χ3n) is 5.00. The zero-order chi connectivity index (χ0) is 16.7. The van der Waals surface area contributed by atoms with E-state index in [1.165, 1.54) is 0 Å². The molecular formula is C17H30N2O4. The number of likely N-dealkylation sites (tertiary alicyclic amines) is 2. The van der Waals surface area contributed by atoms with Gasteiger partial charge in [-0.15, -0.1) is 0 Å². The lowest BCUT2D eigenvalue weighted by Gasteiger charge is -2.37. The molecule has 2 amide bonds. The van der Waals surface area contributed by atoms with E-state index in [0.29, 0.717) is 19.1 Å². The maximum absolute atomic E-state index is 12.6. The summed E-state index contributed by atoms with van der Waals surface area (Å²) in [5.74, 6) is 1.05. The molecule has 0 radical (unpaired) electrons. The van der Waals surface area contributed by atoms with Crippen LogP contribution in [0.5, 0.6) is 0 Å². The first-order valence-corrected chi connectivity index (χ1v) is 8.72. The van der Waals surface area contributed by atoms with Crippen LogP contribution in [0.4, 0.5) is 0 Å². The Bertz CT molecular complexity index is 386. The van der Waals surface area contributed by atoms with Crippen molar-refractivity contribution in [3.05, 3.63) is 0 Å². The lowest BCUT2D eigenvalue weighted by Crippen LogP contribution is -2.46. The van der Waals surface area contributed by atoms with Gasteiger partial charge in [-0.1, -0.05) is 0 Å². The number of hydrogen-bond acceptors (Lipinski definition) is 4. The van der Waals surface area contributed by atoms with Crippen molar-refractivity contribution in [1.82, 2.24) is 9.80 Å². The van der Waals surface area contributed by atoms with E-state index in [9.17, 15) is 9.59 Å². The van der Waals surface area contributed by atoms with Gasteiger partial charge in [0, 0.05) is 52.7 Å². The van der Waals surface area contributed by atoms with Crippen LogP contribution < -0.4 is 0 Å². The second kappa shape index (κ2) is 9.23. The summed E-state index contributed by atoms with van der Waals surface area (Å²) in [6.45, 7) is 6.75. The predicted octanol–water partition coefficient (Wildman–Crippen LogP) is 1.15. The van der Waals surface area contributed by atoms with Crippen LogP contribution in [0.25, 0.3) is 0 Å². The molecule has 6 nitrogen and oxygen atoms in total. The van der Waals surface area contributed by atoms with Crippen molar-refractivity contribution in [2.75, 3.05) is 53.1 Å². The maximum atomic E-state index is 12.6. The number of rotatable bonds is 6. The average Bonchev–Trinajstić information content (AvgIpc) is 2.59. The van der Waals surface area contributed by atoms with Gasteiger partial charge in [-0.05, 0) is 31.6 Å². The molecule has 6 heteroatoms. The Morgan fingerprint density at radius 3 is 2.13 bits per heavy atom. The van der Waals surface area contributed by atoms with E-state index in [2.05, 4.69) is 0 Å². The van der Waals surface area contributed by atoms with E-state index in [-0.39, 0.29) is 17.7 Å². The molecule has 2 fully saturated rings. The smallest absolute Gasteiger partial charge is 0.225 e. The summed E-state index contributed by atoms with van der Waals surface area (Å²) >= 11 is 0. The number of ether oxygens (including phenoxy) is 2. The van der Waals surface area contributed by atoms with Crippen molar-refractivity contribution < 1.29 is 19.1 Å². The molecule has 132 valence electrons. The van der Waals surface area contributed by atoms with Crippen molar-refractivity contribution >= 4 is 11.8 Å². The molecular weight excluding hydrogens is 296 g/mol. The van der Waals surface area contributed by atoms with Crippen LogP contribution in [0.15, 0.2) is 0 Å². The fourth-order valence-corrected chi connectivity index (χ4v) is 3.41. The quantitative estimate of drug-likeness (QED) is 0.687. The number of piperidine rings is 2. The van der Waals surface area contributed by atoms with Crippen LogP contribution in [-0.2, 0) is 19.1 Å². The fraction of sp³-hybridized carbons (Fsp3) is 0.882. The Kier molecular flexibility index (Phi) is 7.30. The molecule has 2 rings (SSSR count). The van der Waals surface area contributed by atoms with E-state index in [1.807, 2.05) is 9.80 Å². The molecule has 2 saturated heterocycles. The molecule has 2 aliphatic rings. The first kappa shape index (κ1) is 18.2. The van der Waals surface area contributed by atoms with Gasteiger partial charge in [-0.3, -0.25) is 9.59 Å². The summed E-state index contributed by atoms with van der Waals surface area (Å²) in [6, 6.07) is 0. The first-order chi connectivity index (χ1) is 11.1. The molecule has 0 aliphatic carbocycles. The Morgan fingerprint density at radius 1 is 0.957 bits per heavy atom. The first-order valence-electron chi connectivity index (χ1n) is 8.72. The number of carbonyl (C=O) groups is 2. The minimum absolute atomic E-state index is 0.0973. The highest BCUT2D eigenvalue weighted by atomic mass is 16.5. The van der Waals surface area contributed by atoms with Gasteiger partial charge in [-0.25, -0.2) is 0 Å². The SMILES string of the molecule is COCCOCC1CCN(C(=O)C2CCN(C(C)=O)CC2)CC1. The third-order valence-corrected chi connectivity index (χ3v) is 5.00. The van der Waals surface area contributed by atoms with E-state index in [4.69, 9.17) is 9.47 Å². The average molecular weight is 326 g/mol. The second-order valence-electron chi connectivity index (χ2n) is 6.62. The van der Waals surface area contributed by atoms with Gasteiger partial charge in [-0.2, -0.15) is 0 Å². The number of carbonyl (C=O) groups excluding carboxylic acids is 2. The van der Waals surface area contributed by atoms with Gasteiger partial charge >= 0.3 is 0 Å². The third kappa shape index (κ3) is 5.46. The van der Waals surface area contributed by atoms with Crippen LogP contribution in [0, 0.1) is 11.8 Å². The van der Waals surface area contributed by atoms with E-state index >= 15 is 0 Å². The Labute approximate surface area is 139 Å². The molecule has 0 aromatic heterocycles. The molecule has 2 aliphatic heterocycles. The summed E-state index contributed by atoms with van der Waals surface area (Å²) in [6.07, 6.45) is 3.65. The zero-order valence-electron chi connectivity index (χ0n) is 14.5. The largest absolute Gasteiger partial charge is 0.382 e. The van der Waals surface area contributed by atoms with E-state index < -0.39 is 0 Å². The molecule has 0 bridgehead atoms. The molecule has 0 aromatic rings. The van der Waals surface area contributed by atoms with Crippen molar-refractivity contribution in [2.24, 2.45) is 11.8 Å². The Hall–Kier alpha value is -1.14. The van der Waals surface area contributed by atoms with Crippen LogP contribution >= 0.6 is 0 Å². The van der Waals surface area contributed by atoms with E-state index in [1.54, 1.807) is 14.0 Å².